The number of pyridine rings is 2. The van der Waals surface area contributed by atoms with Gasteiger partial charge in [-0.25, -0.2) is 0 Å². The molecule has 0 saturated heterocycles. The number of rotatable bonds is 5. The fraction of sp³-hybridized carbons (Fsp3) is 0.500. The van der Waals surface area contributed by atoms with Gasteiger partial charge in [-0.15, -0.1) is 11.8 Å². The molecule has 0 bridgehead atoms. The van der Waals surface area contributed by atoms with Crippen LogP contribution in [0.25, 0.3) is 10.8 Å². The lowest BCUT2D eigenvalue weighted by atomic mass is 9.81. The van der Waals surface area contributed by atoms with Crippen LogP contribution in [0, 0.1) is 19.8 Å². The van der Waals surface area contributed by atoms with Crippen LogP contribution < -0.4 is 20.6 Å². The van der Waals surface area contributed by atoms with Crippen LogP contribution in [-0.2, 0) is 6.54 Å². The van der Waals surface area contributed by atoms with E-state index in [1.165, 1.54) is 11.8 Å². The van der Waals surface area contributed by atoms with Crippen LogP contribution in [0.1, 0.15) is 49.4 Å². The lowest BCUT2D eigenvalue weighted by molar-refractivity contribution is -0.123. The molecule has 1 fully saturated rings. The van der Waals surface area contributed by atoms with E-state index >= 15 is 0 Å². The number of hydrogen-bond donors (Lipinski definition) is 1. The van der Waals surface area contributed by atoms with Crippen molar-refractivity contribution in [2.75, 3.05) is 20.4 Å². The van der Waals surface area contributed by atoms with Gasteiger partial charge in [-0.2, -0.15) is 0 Å². The van der Waals surface area contributed by atoms with Crippen molar-refractivity contribution in [3.63, 3.8) is 0 Å². The number of hydrogen-bond acceptors (Lipinski definition) is 6. The smallest absolute Gasteiger partial charge is 0.259 e. The van der Waals surface area contributed by atoms with Gasteiger partial charge >= 0.3 is 0 Å². The van der Waals surface area contributed by atoms with E-state index in [1.807, 2.05) is 39.2 Å². The Hall–Kier alpha value is -2.42. The predicted octanol–water partition coefficient (Wildman–Crippen LogP) is 5.34. The highest BCUT2D eigenvalue weighted by Gasteiger charge is 2.47. The maximum atomic E-state index is 13.7. The summed E-state index contributed by atoms with van der Waals surface area (Å²) in [5, 5.41) is 1.51. The van der Waals surface area contributed by atoms with Crippen LogP contribution in [0.15, 0.2) is 32.8 Å². The van der Waals surface area contributed by atoms with Crippen LogP contribution in [0.5, 0.6) is 11.5 Å². The molecule has 2 aromatic heterocycles. The molecule has 9 heteroatoms. The van der Waals surface area contributed by atoms with Crippen molar-refractivity contribution in [2.45, 2.75) is 69.7 Å². The highest BCUT2D eigenvalue weighted by Crippen LogP contribution is 2.53. The Balaban J connectivity index is 1.53. The lowest BCUT2D eigenvalue weighted by Gasteiger charge is -2.39. The molecule has 1 aliphatic carbocycles. The maximum Gasteiger partial charge on any atom is 0.259 e. The number of aromatic amines is 1. The van der Waals surface area contributed by atoms with Gasteiger partial charge in [0, 0.05) is 46.6 Å². The quantitative estimate of drug-likeness (QED) is 0.438. The van der Waals surface area contributed by atoms with Crippen LogP contribution in [0.3, 0.4) is 0 Å². The largest absolute Gasteiger partial charge is 0.448 e. The zero-order valence-electron chi connectivity index (χ0n) is 22.2. The molecular weight excluding hydrogens is 510 g/mol. The summed E-state index contributed by atoms with van der Waals surface area (Å²) in [4.78, 5) is 32.4. The molecule has 5 rings (SSSR count). The number of H-pyrrole nitrogens is 1. The highest BCUT2D eigenvalue weighted by atomic mass is 35.5. The van der Waals surface area contributed by atoms with E-state index in [2.05, 4.69) is 24.0 Å². The van der Waals surface area contributed by atoms with E-state index in [9.17, 15) is 9.59 Å². The molecule has 2 aliphatic rings. The van der Waals surface area contributed by atoms with Gasteiger partial charge in [0.15, 0.2) is 11.5 Å². The number of benzene rings is 1. The molecule has 3 heterocycles. The second kappa shape index (κ2) is 9.71. The molecule has 1 unspecified atom stereocenters. The summed E-state index contributed by atoms with van der Waals surface area (Å²) in [6, 6.07) is 4.33. The van der Waals surface area contributed by atoms with Gasteiger partial charge in [-0.1, -0.05) is 11.6 Å². The number of halogens is 1. The summed E-state index contributed by atoms with van der Waals surface area (Å²) < 4.78 is 14.5. The van der Waals surface area contributed by atoms with Crippen molar-refractivity contribution in [3.8, 4) is 11.5 Å². The Bertz CT molecular complexity index is 1490. The third-order valence-corrected chi connectivity index (χ3v) is 9.26. The van der Waals surface area contributed by atoms with E-state index in [-0.39, 0.29) is 23.6 Å². The Morgan fingerprint density at radius 1 is 1.16 bits per heavy atom. The molecule has 1 aliphatic heterocycles. The summed E-state index contributed by atoms with van der Waals surface area (Å²) in [6.45, 7) is 5.88. The summed E-state index contributed by atoms with van der Waals surface area (Å²) >= 11 is 8.34. The number of aryl methyl sites for hydroxylation is 2. The minimum absolute atomic E-state index is 0.166. The van der Waals surface area contributed by atoms with Crippen molar-refractivity contribution in [2.24, 2.45) is 5.92 Å². The molecule has 1 N–H and O–H groups in total. The van der Waals surface area contributed by atoms with Crippen molar-refractivity contribution < 1.29 is 9.47 Å². The summed E-state index contributed by atoms with van der Waals surface area (Å²) in [5.41, 5.74) is 1.66. The van der Waals surface area contributed by atoms with E-state index < -0.39 is 5.79 Å². The molecule has 0 amide bonds. The Morgan fingerprint density at radius 3 is 2.49 bits per heavy atom. The molecule has 0 radical (unpaired) electrons. The van der Waals surface area contributed by atoms with Crippen LogP contribution in [0.2, 0.25) is 5.02 Å². The Morgan fingerprint density at radius 2 is 1.84 bits per heavy atom. The molecule has 0 spiro atoms. The van der Waals surface area contributed by atoms with Gasteiger partial charge in [-0.3, -0.25) is 9.59 Å². The third-order valence-electron chi connectivity index (χ3n) is 8.08. The van der Waals surface area contributed by atoms with E-state index in [0.29, 0.717) is 44.5 Å². The van der Waals surface area contributed by atoms with E-state index in [4.69, 9.17) is 21.1 Å². The highest BCUT2D eigenvalue weighted by molar-refractivity contribution is 7.98. The first-order chi connectivity index (χ1) is 17.5. The molecule has 1 saturated carbocycles. The standard InChI is InChI=1S/C28H34ClN3O4S/c1-15-13-21(37-6)20(26(33)30-15)14-32-12-11-19-22(27(32)34)16(2)24-25(23(19)29)36-28(3,35-24)17-7-9-18(10-8-17)31(4)5/h11-13,17-18H,7-10,14H2,1-6H3,(H,30,33)/t17-,18-,28?. The van der Waals surface area contributed by atoms with Gasteiger partial charge in [0.2, 0.25) is 0 Å². The minimum atomic E-state index is -0.827. The molecule has 1 aromatic carbocycles. The monoisotopic (exact) mass is 543 g/mol. The first-order valence-electron chi connectivity index (χ1n) is 12.7. The average Bonchev–Trinajstić information content (AvgIpc) is 3.24. The fourth-order valence-electron chi connectivity index (χ4n) is 5.86. The lowest BCUT2D eigenvalue weighted by Crippen LogP contribution is -2.46. The van der Waals surface area contributed by atoms with Gasteiger partial charge in [0.05, 0.1) is 22.5 Å². The zero-order chi connectivity index (χ0) is 26.6. The molecule has 37 heavy (non-hydrogen) atoms. The topological polar surface area (TPSA) is 76.6 Å². The van der Waals surface area contributed by atoms with Gasteiger partial charge in [0.25, 0.3) is 16.9 Å². The fourth-order valence-corrected chi connectivity index (χ4v) is 6.84. The average molecular weight is 544 g/mol. The van der Waals surface area contributed by atoms with Crippen molar-refractivity contribution >= 4 is 34.1 Å². The number of aromatic nitrogens is 2. The first-order valence-corrected chi connectivity index (χ1v) is 14.3. The second-order valence-corrected chi connectivity index (χ2v) is 11.9. The molecule has 7 nitrogen and oxygen atoms in total. The Kier molecular flexibility index (Phi) is 6.88. The van der Waals surface area contributed by atoms with Crippen molar-refractivity contribution in [1.82, 2.24) is 14.5 Å². The molecule has 198 valence electrons. The van der Waals surface area contributed by atoms with Crippen LogP contribution >= 0.6 is 23.4 Å². The second-order valence-electron chi connectivity index (χ2n) is 10.7. The van der Waals surface area contributed by atoms with Gasteiger partial charge in [0.1, 0.15) is 0 Å². The molecule has 3 aromatic rings. The third kappa shape index (κ3) is 4.47. The molecule has 1 atom stereocenters. The Labute approximate surface area is 226 Å². The summed E-state index contributed by atoms with van der Waals surface area (Å²) in [7, 11) is 4.26. The number of thioether (sulfide) groups is 1. The normalized spacial score (nSPS) is 23.2. The van der Waals surface area contributed by atoms with Crippen LogP contribution in [-0.4, -0.2) is 46.6 Å². The van der Waals surface area contributed by atoms with Crippen LogP contribution in [0.4, 0.5) is 0 Å². The predicted molar refractivity (Wildman–Crippen MR) is 150 cm³/mol. The SMILES string of the molecule is CSc1cc(C)[nH]c(=O)c1Cn1ccc2c(Cl)c3c(c(C)c2c1=O)OC(C)([C@H]1CC[C@H](N(C)C)CC1)O3. The van der Waals surface area contributed by atoms with Crippen molar-refractivity contribution in [1.29, 1.82) is 0 Å². The number of fused-ring (bicyclic) bond motifs is 2. The van der Waals surface area contributed by atoms with Gasteiger partial charge in [-0.05, 0) is 72.0 Å². The number of ether oxygens (including phenoxy) is 2. The molecular formula is C28H34ClN3O4S. The van der Waals surface area contributed by atoms with Crippen molar-refractivity contribution in [3.05, 3.63) is 60.9 Å². The maximum absolute atomic E-state index is 13.7. The number of nitrogens with one attached hydrogen (secondary N) is 1. The zero-order valence-corrected chi connectivity index (χ0v) is 23.8. The summed E-state index contributed by atoms with van der Waals surface area (Å²) in [5.74, 6) is 0.458. The van der Waals surface area contributed by atoms with E-state index in [1.54, 1.807) is 10.8 Å². The summed E-state index contributed by atoms with van der Waals surface area (Å²) in [6.07, 6.45) is 7.80. The minimum Gasteiger partial charge on any atom is -0.448 e. The van der Waals surface area contributed by atoms with Gasteiger partial charge < -0.3 is 23.9 Å². The van der Waals surface area contributed by atoms with E-state index in [0.717, 1.165) is 36.3 Å². The number of nitrogens with zero attached hydrogens (tertiary/aromatic N) is 2. The first kappa shape index (κ1) is 26.2.